The number of carbonyl (C=O) groups excluding carboxylic acids is 1. The molecule has 1 saturated heterocycles. The van der Waals surface area contributed by atoms with Crippen LogP contribution in [0.4, 0.5) is 4.39 Å². The van der Waals surface area contributed by atoms with Crippen molar-refractivity contribution in [2.24, 2.45) is 0 Å². The summed E-state index contributed by atoms with van der Waals surface area (Å²) in [5.74, 6) is -0.366. The number of hydrogen-bond acceptors (Lipinski definition) is 4. The molecule has 1 aliphatic heterocycles. The Balaban J connectivity index is 1.56. The summed E-state index contributed by atoms with van der Waals surface area (Å²) in [6, 6.07) is 13.6. The molecule has 33 heavy (non-hydrogen) atoms. The average Bonchev–Trinajstić information content (AvgIpc) is 3.33. The molecule has 0 saturated carbocycles. The van der Waals surface area contributed by atoms with Gasteiger partial charge in [0, 0.05) is 37.8 Å². The van der Waals surface area contributed by atoms with Gasteiger partial charge in [-0.1, -0.05) is 12.1 Å². The van der Waals surface area contributed by atoms with Crippen LogP contribution in [0.5, 0.6) is 0 Å². The van der Waals surface area contributed by atoms with E-state index in [0.717, 1.165) is 24.2 Å². The summed E-state index contributed by atoms with van der Waals surface area (Å²) in [7, 11) is 0. The number of aromatic nitrogens is 3. The van der Waals surface area contributed by atoms with Gasteiger partial charge in [0.05, 0.1) is 23.8 Å². The van der Waals surface area contributed by atoms with E-state index in [1.807, 2.05) is 11.0 Å². The Labute approximate surface area is 190 Å². The minimum atomic E-state index is -0.326. The second kappa shape index (κ2) is 8.44. The number of amides is 1. The van der Waals surface area contributed by atoms with Crippen LogP contribution in [0.2, 0.25) is 0 Å². The summed E-state index contributed by atoms with van der Waals surface area (Å²) in [5, 5.41) is 4.31. The number of carbonyl (C=O) groups is 1. The molecular formula is C25H26FN5O2. The van der Waals surface area contributed by atoms with Crippen LogP contribution in [-0.2, 0) is 6.54 Å². The van der Waals surface area contributed by atoms with Crippen molar-refractivity contribution in [2.75, 3.05) is 26.2 Å². The Morgan fingerprint density at radius 2 is 1.70 bits per heavy atom. The highest BCUT2D eigenvalue weighted by molar-refractivity contribution is 5.97. The molecule has 4 aromatic rings. The van der Waals surface area contributed by atoms with Gasteiger partial charge in [-0.25, -0.2) is 8.91 Å². The zero-order valence-electron chi connectivity index (χ0n) is 18.7. The predicted molar refractivity (Wildman–Crippen MR) is 125 cm³/mol. The summed E-state index contributed by atoms with van der Waals surface area (Å²) in [6.07, 6.45) is 1.59. The van der Waals surface area contributed by atoms with Gasteiger partial charge >= 0.3 is 0 Å². The summed E-state index contributed by atoms with van der Waals surface area (Å²) in [4.78, 5) is 30.8. The summed E-state index contributed by atoms with van der Waals surface area (Å²) >= 11 is 0. The lowest BCUT2D eigenvalue weighted by molar-refractivity contribution is 0.0595. The Morgan fingerprint density at radius 3 is 2.39 bits per heavy atom. The van der Waals surface area contributed by atoms with Crippen LogP contribution in [-0.4, -0.2) is 62.1 Å². The van der Waals surface area contributed by atoms with Crippen LogP contribution in [0.25, 0.3) is 16.6 Å². The van der Waals surface area contributed by atoms with Gasteiger partial charge in [-0.05, 0) is 55.8 Å². The lowest BCUT2D eigenvalue weighted by Crippen LogP contribution is -2.50. The second-order valence-electron chi connectivity index (χ2n) is 8.77. The molecule has 0 spiro atoms. The van der Waals surface area contributed by atoms with E-state index in [9.17, 15) is 14.0 Å². The third kappa shape index (κ3) is 3.91. The molecule has 5 rings (SSSR count). The number of halogens is 1. The molecule has 2 aromatic carbocycles. The van der Waals surface area contributed by atoms with Crippen molar-refractivity contribution in [3.63, 3.8) is 0 Å². The van der Waals surface area contributed by atoms with E-state index in [0.29, 0.717) is 35.7 Å². The summed E-state index contributed by atoms with van der Waals surface area (Å²) in [6.45, 7) is 7.64. The Bertz CT molecular complexity index is 1380. The highest BCUT2D eigenvalue weighted by Crippen LogP contribution is 2.20. The lowest BCUT2D eigenvalue weighted by Gasteiger charge is -2.37. The van der Waals surface area contributed by atoms with E-state index >= 15 is 0 Å². The smallest absolute Gasteiger partial charge is 0.277 e. The van der Waals surface area contributed by atoms with E-state index < -0.39 is 0 Å². The maximum absolute atomic E-state index is 13.4. The molecule has 2 aromatic heterocycles. The third-order valence-corrected chi connectivity index (χ3v) is 6.43. The highest BCUT2D eigenvalue weighted by Gasteiger charge is 2.24. The van der Waals surface area contributed by atoms with Crippen LogP contribution >= 0.6 is 0 Å². The third-order valence-electron chi connectivity index (χ3n) is 6.43. The first kappa shape index (κ1) is 21.3. The average molecular weight is 448 g/mol. The van der Waals surface area contributed by atoms with Crippen LogP contribution in [0.15, 0.2) is 59.5 Å². The number of benzene rings is 2. The molecule has 1 aliphatic rings. The Kier molecular flexibility index (Phi) is 5.46. The SMILES string of the molecule is CC(C)N1CCN(C(=O)c2ccc3c(c2)n(Cc2ccc(F)cc2)c(=O)c2ccnn23)CC1. The fourth-order valence-electron chi connectivity index (χ4n) is 4.51. The van der Waals surface area contributed by atoms with E-state index in [-0.39, 0.29) is 23.8 Å². The largest absolute Gasteiger partial charge is 0.336 e. The molecule has 0 bridgehead atoms. The van der Waals surface area contributed by atoms with Crippen molar-refractivity contribution in [2.45, 2.75) is 26.4 Å². The van der Waals surface area contributed by atoms with Crippen LogP contribution < -0.4 is 5.56 Å². The second-order valence-corrected chi connectivity index (χ2v) is 8.77. The first-order valence-corrected chi connectivity index (χ1v) is 11.2. The molecule has 0 aliphatic carbocycles. The van der Waals surface area contributed by atoms with E-state index in [1.54, 1.807) is 45.6 Å². The molecule has 8 heteroatoms. The zero-order chi connectivity index (χ0) is 23.1. The normalized spacial score (nSPS) is 15.1. The monoisotopic (exact) mass is 447 g/mol. The number of nitrogens with zero attached hydrogens (tertiary/aromatic N) is 5. The van der Waals surface area contributed by atoms with Crippen LogP contribution in [0.1, 0.15) is 29.8 Å². The minimum Gasteiger partial charge on any atom is -0.336 e. The summed E-state index contributed by atoms with van der Waals surface area (Å²) in [5.41, 5.74) is 2.93. The molecule has 0 atom stereocenters. The fraction of sp³-hybridized carbons (Fsp3) is 0.320. The molecule has 3 heterocycles. The summed E-state index contributed by atoms with van der Waals surface area (Å²) < 4.78 is 16.6. The van der Waals surface area contributed by atoms with E-state index in [4.69, 9.17) is 0 Å². The molecule has 0 N–H and O–H groups in total. The number of piperazine rings is 1. The van der Waals surface area contributed by atoms with Gasteiger partial charge < -0.3 is 9.47 Å². The van der Waals surface area contributed by atoms with E-state index in [1.165, 1.54) is 12.1 Å². The number of rotatable bonds is 4. The maximum Gasteiger partial charge on any atom is 0.277 e. The van der Waals surface area contributed by atoms with Gasteiger partial charge in [-0.15, -0.1) is 0 Å². The lowest BCUT2D eigenvalue weighted by atomic mass is 10.1. The van der Waals surface area contributed by atoms with Crippen molar-refractivity contribution in [1.29, 1.82) is 0 Å². The Hall–Kier alpha value is -3.52. The fourth-order valence-corrected chi connectivity index (χ4v) is 4.51. The number of fused-ring (bicyclic) bond motifs is 3. The maximum atomic E-state index is 13.4. The standard InChI is InChI=1S/C25H26FN5O2/c1-17(2)28-11-13-29(14-12-28)24(32)19-5-8-21-23(15-19)30(16-18-3-6-20(26)7-4-18)25(33)22-9-10-27-31(21)22/h3-10,15,17H,11-14,16H2,1-2H3. The quantitative estimate of drug-likeness (QED) is 0.483. The topological polar surface area (TPSA) is 62.8 Å². The molecule has 170 valence electrons. The highest BCUT2D eigenvalue weighted by atomic mass is 19.1. The van der Waals surface area contributed by atoms with E-state index in [2.05, 4.69) is 23.8 Å². The van der Waals surface area contributed by atoms with Crippen LogP contribution in [0, 0.1) is 5.82 Å². The van der Waals surface area contributed by atoms with Gasteiger partial charge in [0.1, 0.15) is 11.3 Å². The van der Waals surface area contributed by atoms with Crippen molar-refractivity contribution in [3.05, 3.63) is 82.0 Å². The minimum absolute atomic E-state index is 0.0401. The van der Waals surface area contributed by atoms with Gasteiger partial charge in [-0.2, -0.15) is 5.10 Å². The zero-order valence-corrected chi connectivity index (χ0v) is 18.7. The molecule has 7 nitrogen and oxygen atoms in total. The first-order chi connectivity index (χ1) is 15.9. The van der Waals surface area contributed by atoms with Crippen molar-refractivity contribution in [3.8, 4) is 0 Å². The van der Waals surface area contributed by atoms with Gasteiger partial charge in [0.2, 0.25) is 0 Å². The number of hydrogen-bond donors (Lipinski definition) is 0. The first-order valence-electron chi connectivity index (χ1n) is 11.2. The van der Waals surface area contributed by atoms with Crippen molar-refractivity contribution < 1.29 is 9.18 Å². The Morgan fingerprint density at radius 1 is 0.970 bits per heavy atom. The predicted octanol–water partition coefficient (Wildman–Crippen LogP) is 3.00. The molecule has 0 radical (unpaired) electrons. The van der Waals surface area contributed by atoms with Crippen LogP contribution in [0.3, 0.4) is 0 Å². The molecule has 1 amide bonds. The molecular weight excluding hydrogens is 421 g/mol. The van der Waals surface area contributed by atoms with Gasteiger partial charge in [0.25, 0.3) is 11.5 Å². The molecule has 0 unspecified atom stereocenters. The van der Waals surface area contributed by atoms with Crippen molar-refractivity contribution >= 4 is 22.5 Å². The molecule has 1 fully saturated rings. The van der Waals surface area contributed by atoms with Gasteiger partial charge in [-0.3, -0.25) is 14.5 Å². The van der Waals surface area contributed by atoms with Gasteiger partial charge in [0.15, 0.2) is 0 Å². The van der Waals surface area contributed by atoms with Crippen molar-refractivity contribution in [1.82, 2.24) is 24.0 Å².